The Morgan fingerprint density at radius 3 is 2.40 bits per heavy atom. The van der Waals surface area contributed by atoms with Crippen molar-refractivity contribution < 1.29 is 5.11 Å². The Morgan fingerprint density at radius 2 is 1.67 bits per heavy atom. The molecule has 1 N–H and O–H groups in total. The summed E-state index contributed by atoms with van der Waals surface area (Å²) in [5.41, 5.74) is 3.05. The molecule has 0 aromatic carbocycles. The minimum Gasteiger partial charge on any atom is -0.396 e. The van der Waals surface area contributed by atoms with Crippen LogP contribution in [0.5, 0.6) is 0 Å². The highest BCUT2D eigenvalue weighted by Gasteiger charge is 2.58. The quantitative estimate of drug-likeness (QED) is 0.438. The van der Waals surface area contributed by atoms with Gasteiger partial charge in [0.05, 0.1) is 0 Å². The normalized spacial score (nSPS) is 46.2. The number of rotatable bonds is 6. The third-order valence-electron chi connectivity index (χ3n) is 11.5. The minimum atomic E-state index is 0.340. The van der Waals surface area contributed by atoms with E-state index in [2.05, 4.69) is 47.6 Å². The lowest BCUT2D eigenvalue weighted by molar-refractivity contribution is -0.0288. The second-order valence-electron chi connectivity index (χ2n) is 12.9. The summed E-state index contributed by atoms with van der Waals surface area (Å²) in [6.07, 6.45) is 17.0. The molecule has 0 aliphatic heterocycles. The van der Waals surface area contributed by atoms with Crippen LogP contribution in [0, 0.1) is 58.2 Å². The van der Waals surface area contributed by atoms with Gasteiger partial charge in [-0.25, -0.2) is 0 Å². The summed E-state index contributed by atoms with van der Waals surface area (Å²) >= 11 is 0. The summed E-state index contributed by atoms with van der Waals surface area (Å²) in [6.45, 7) is 15.3. The molecule has 4 rings (SSSR count). The molecule has 3 saturated carbocycles. The third kappa shape index (κ3) is 3.64. The predicted molar refractivity (Wildman–Crippen MR) is 128 cm³/mol. The molecule has 172 valence electrons. The van der Waals surface area contributed by atoms with Crippen LogP contribution >= 0.6 is 0 Å². The molecule has 3 fully saturated rings. The van der Waals surface area contributed by atoms with Gasteiger partial charge in [0.2, 0.25) is 0 Å². The van der Waals surface area contributed by atoms with Crippen molar-refractivity contribution in [3.8, 4) is 0 Å². The topological polar surface area (TPSA) is 20.2 Å². The first-order valence-corrected chi connectivity index (χ1v) is 13.5. The number of aliphatic hydroxyl groups excluding tert-OH is 1. The largest absolute Gasteiger partial charge is 0.396 e. The average Bonchev–Trinajstić information content (AvgIpc) is 3.08. The molecule has 0 aromatic heterocycles. The molecular formula is C29H50O. The van der Waals surface area contributed by atoms with E-state index in [-0.39, 0.29) is 0 Å². The van der Waals surface area contributed by atoms with Crippen LogP contribution in [0.25, 0.3) is 0 Å². The maximum Gasteiger partial charge on any atom is 0.0459 e. The van der Waals surface area contributed by atoms with E-state index < -0.39 is 0 Å². The van der Waals surface area contributed by atoms with Crippen LogP contribution in [0.2, 0.25) is 0 Å². The first-order chi connectivity index (χ1) is 14.2. The fourth-order valence-corrected chi connectivity index (χ4v) is 9.20. The highest BCUT2D eigenvalue weighted by Crippen LogP contribution is 2.67. The van der Waals surface area contributed by atoms with Crippen molar-refractivity contribution in [3.05, 3.63) is 11.6 Å². The van der Waals surface area contributed by atoms with E-state index in [1.165, 1.54) is 64.2 Å². The molecule has 0 saturated heterocycles. The van der Waals surface area contributed by atoms with Crippen LogP contribution in [-0.2, 0) is 0 Å². The van der Waals surface area contributed by atoms with Gasteiger partial charge < -0.3 is 5.11 Å². The maximum atomic E-state index is 9.50. The Labute approximate surface area is 187 Å². The second-order valence-corrected chi connectivity index (χ2v) is 12.9. The number of hydrogen-bond donors (Lipinski definition) is 1. The van der Waals surface area contributed by atoms with Crippen LogP contribution in [0.15, 0.2) is 11.6 Å². The van der Waals surface area contributed by atoms with Gasteiger partial charge in [-0.3, -0.25) is 0 Å². The van der Waals surface area contributed by atoms with Crippen molar-refractivity contribution in [1.29, 1.82) is 0 Å². The first kappa shape index (κ1) is 22.9. The SMILES string of the molecule is CC(CO)C(C)CC[C@@H](C)[C@H]1CC[C@H]2C3=CCC4[C@H](C)CCC[C@]4(C)[C@H]3CC[C@]12C. The van der Waals surface area contributed by atoms with Gasteiger partial charge in [-0.2, -0.15) is 0 Å². The fraction of sp³-hybridized carbons (Fsp3) is 0.931. The summed E-state index contributed by atoms with van der Waals surface area (Å²) in [5, 5.41) is 9.50. The summed E-state index contributed by atoms with van der Waals surface area (Å²) in [7, 11) is 0. The molecule has 0 radical (unpaired) electrons. The Morgan fingerprint density at radius 1 is 0.933 bits per heavy atom. The Bertz CT molecular complexity index is 636. The van der Waals surface area contributed by atoms with E-state index >= 15 is 0 Å². The van der Waals surface area contributed by atoms with Crippen molar-refractivity contribution >= 4 is 0 Å². The van der Waals surface area contributed by atoms with Gasteiger partial charge in [-0.15, -0.1) is 0 Å². The molecule has 4 aliphatic carbocycles. The zero-order valence-corrected chi connectivity index (χ0v) is 20.9. The summed E-state index contributed by atoms with van der Waals surface area (Å²) in [5.74, 6) is 6.43. The Hall–Kier alpha value is -0.300. The van der Waals surface area contributed by atoms with Gasteiger partial charge >= 0.3 is 0 Å². The van der Waals surface area contributed by atoms with Crippen LogP contribution in [-0.4, -0.2) is 11.7 Å². The number of fused-ring (bicyclic) bond motifs is 5. The van der Waals surface area contributed by atoms with Crippen molar-refractivity contribution in [3.63, 3.8) is 0 Å². The first-order valence-electron chi connectivity index (χ1n) is 13.5. The lowest BCUT2D eigenvalue weighted by atomic mass is 9.46. The summed E-state index contributed by atoms with van der Waals surface area (Å²) in [4.78, 5) is 0. The number of aliphatic hydroxyl groups is 1. The lowest BCUT2D eigenvalue weighted by Gasteiger charge is -2.58. The number of allylic oxidation sites excluding steroid dienone is 2. The van der Waals surface area contributed by atoms with E-state index in [9.17, 15) is 5.11 Å². The zero-order valence-electron chi connectivity index (χ0n) is 20.9. The van der Waals surface area contributed by atoms with Gasteiger partial charge in [0, 0.05) is 6.61 Å². The molecule has 0 aromatic rings. The van der Waals surface area contributed by atoms with Crippen molar-refractivity contribution in [2.75, 3.05) is 6.61 Å². The number of hydrogen-bond acceptors (Lipinski definition) is 1. The van der Waals surface area contributed by atoms with Crippen molar-refractivity contribution in [2.45, 2.75) is 106 Å². The molecular weight excluding hydrogens is 364 g/mol. The molecule has 0 amide bonds. The van der Waals surface area contributed by atoms with Gasteiger partial charge in [0.1, 0.15) is 0 Å². The molecule has 0 heterocycles. The lowest BCUT2D eigenvalue weighted by Crippen LogP contribution is -2.50. The molecule has 0 bridgehead atoms. The van der Waals surface area contributed by atoms with E-state index in [0.717, 1.165) is 35.5 Å². The monoisotopic (exact) mass is 414 g/mol. The molecule has 0 spiro atoms. The van der Waals surface area contributed by atoms with Crippen molar-refractivity contribution in [2.24, 2.45) is 58.2 Å². The fourth-order valence-electron chi connectivity index (χ4n) is 9.20. The Kier molecular flexibility index (Phi) is 6.53. The molecule has 3 unspecified atom stereocenters. The minimum absolute atomic E-state index is 0.340. The zero-order chi connectivity index (χ0) is 21.7. The average molecular weight is 415 g/mol. The molecule has 30 heavy (non-hydrogen) atoms. The van der Waals surface area contributed by atoms with E-state index in [0.29, 0.717) is 29.3 Å². The highest BCUT2D eigenvalue weighted by molar-refractivity contribution is 5.27. The van der Waals surface area contributed by atoms with Gasteiger partial charge in [0.15, 0.2) is 0 Å². The van der Waals surface area contributed by atoms with E-state index in [1.807, 2.05) is 5.57 Å². The van der Waals surface area contributed by atoms with Crippen LogP contribution < -0.4 is 0 Å². The molecule has 1 nitrogen and oxygen atoms in total. The molecule has 1 heteroatoms. The summed E-state index contributed by atoms with van der Waals surface area (Å²) < 4.78 is 0. The second kappa shape index (κ2) is 8.57. The summed E-state index contributed by atoms with van der Waals surface area (Å²) in [6, 6.07) is 0. The third-order valence-corrected chi connectivity index (χ3v) is 11.5. The van der Waals surface area contributed by atoms with Crippen LogP contribution in [0.1, 0.15) is 106 Å². The standard InChI is InChI=1S/C29H50O/c1-19(22(4)18-30)9-10-21(3)25-13-14-26-23-11-12-24-20(2)8-7-16-28(24,5)27(23)15-17-29(25,26)6/h11,19-22,24-27,30H,7-10,12-18H2,1-6H3/t19?,20-,21-,22?,24?,25-,26+,27+,28+,29-/m1/s1. The maximum absolute atomic E-state index is 9.50. The Balaban J connectivity index is 1.48. The van der Waals surface area contributed by atoms with E-state index in [1.54, 1.807) is 0 Å². The highest BCUT2D eigenvalue weighted by atomic mass is 16.3. The molecule has 10 atom stereocenters. The van der Waals surface area contributed by atoms with Crippen LogP contribution in [0.4, 0.5) is 0 Å². The predicted octanol–water partition coefficient (Wildman–Crippen LogP) is 7.88. The van der Waals surface area contributed by atoms with Gasteiger partial charge in [-0.1, -0.05) is 78.9 Å². The van der Waals surface area contributed by atoms with Gasteiger partial charge in [-0.05, 0) is 96.7 Å². The molecule has 4 aliphatic rings. The van der Waals surface area contributed by atoms with E-state index in [4.69, 9.17) is 0 Å². The van der Waals surface area contributed by atoms with Crippen LogP contribution in [0.3, 0.4) is 0 Å². The van der Waals surface area contributed by atoms with Gasteiger partial charge in [0.25, 0.3) is 0 Å². The smallest absolute Gasteiger partial charge is 0.0459 e. The van der Waals surface area contributed by atoms with Crippen molar-refractivity contribution in [1.82, 2.24) is 0 Å².